The minimum Gasteiger partial charge on any atom is -0.490 e. The maximum atomic E-state index is 13.4. The van der Waals surface area contributed by atoms with Crippen molar-refractivity contribution in [1.82, 2.24) is 4.90 Å². The summed E-state index contributed by atoms with van der Waals surface area (Å²) in [5, 5.41) is 8.79. The number of carbonyl (C=O) groups is 1. The van der Waals surface area contributed by atoms with Crippen LogP contribution in [0.4, 0.5) is 22.4 Å². The van der Waals surface area contributed by atoms with E-state index in [1.165, 1.54) is 0 Å². The zero-order valence-corrected chi connectivity index (χ0v) is 10.9. The number of benzene rings is 1. The van der Waals surface area contributed by atoms with Crippen molar-refractivity contribution in [2.24, 2.45) is 0 Å². The van der Waals surface area contributed by atoms with Gasteiger partial charge in [-0.25, -0.2) is 9.18 Å². The lowest BCUT2D eigenvalue weighted by molar-refractivity contribution is -0.141. The standard InChI is InChI=1S/C13H13F4NO3/c14-9-2-1-3-10(11(9)13(15,16)17)21-8-4-6-18(7-5-8)12(19)20/h1-3,8H,4-7H2,(H,19,20). The minimum absolute atomic E-state index is 0.177. The molecule has 0 atom stereocenters. The Hall–Kier alpha value is -1.99. The average molecular weight is 307 g/mol. The van der Waals surface area contributed by atoms with Gasteiger partial charge in [0.1, 0.15) is 23.2 Å². The van der Waals surface area contributed by atoms with Crippen LogP contribution in [-0.2, 0) is 6.18 Å². The van der Waals surface area contributed by atoms with Crippen LogP contribution in [0.5, 0.6) is 5.75 Å². The van der Waals surface area contributed by atoms with Crippen LogP contribution in [0.25, 0.3) is 0 Å². The molecule has 0 radical (unpaired) electrons. The van der Waals surface area contributed by atoms with E-state index in [9.17, 15) is 22.4 Å². The van der Waals surface area contributed by atoms with Crippen molar-refractivity contribution in [3.8, 4) is 5.75 Å². The molecule has 1 aromatic carbocycles. The zero-order valence-electron chi connectivity index (χ0n) is 10.9. The largest absolute Gasteiger partial charge is 0.490 e. The van der Waals surface area contributed by atoms with Gasteiger partial charge < -0.3 is 14.7 Å². The van der Waals surface area contributed by atoms with Gasteiger partial charge in [0.2, 0.25) is 0 Å². The highest BCUT2D eigenvalue weighted by atomic mass is 19.4. The highest BCUT2D eigenvalue weighted by Gasteiger charge is 2.38. The van der Waals surface area contributed by atoms with E-state index in [4.69, 9.17) is 9.84 Å². The molecule has 1 N–H and O–H groups in total. The second kappa shape index (κ2) is 5.79. The molecule has 8 heteroatoms. The van der Waals surface area contributed by atoms with Crippen molar-refractivity contribution >= 4 is 6.09 Å². The molecule has 1 fully saturated rings. The Bertz CT molecular complexity index is 525. The van der Waals surface area contributed by atoms with Gasteiger partial charge in [-0.1, -0.05) is 6.07 Å². The molecule has 2 rings (SSSR count). The molecule has 1 heterocycles. The molecule has 21 heavy (non-hydrogen) atoms. The second-order valence-electron chi connectivity index (χ2n) is 4.70. The van der Waals surface area contributed by atoms with E-state index in [2.05, 4.69) is 0 Å². The minimum atomic E-state index is -4.84. The summed E-state index contributed by atoms with van der Waals surface area (Å²) in [7, 11) is 0. The number of hydrogen-bond donors (Lipinski definition) is 1. The second-order valence-corrected chi connectivity index (χ2v) is 4.70. The van der Waals surface area contributed by atoms with Crippen molar-refractivity contribution in [1.29, 1.82) is 0 Å². The van der Waals surface area contributed by atoms with Crippen LogP contribution >= 0.6 is 0 Å². The zero-order chi connectivity index (χ0) is 15.6. The molecule has 1 amide bonds. The van der Waals surface area contributed by atoms with Crippen molar-refractivity contribution in [3.05, 3.63) is 29.6 Å². The Kier molecular flexibility index (Phi) is 4.24. The highest BCUT2D eigenvalue weighted by molar-refractivity contribution is 5.65. The van der Waals surface area contributed by atoms with Crippen molar-refractivity contribution in [3.63, 3.8) is 0 Å². The molecule has 0 saturated carbocycles. The molecule has 0 bridgehead atoms. The summed E-state index contributed by atoms with van der Waals surface area (Å²) >= 11 is 0. The van der Waals surface area contributed by atoms with E-state index in [0.717, 1.165) is 23.1 Å². The molecule has 4 nitrogen and oxygen atoms in total. The maximum absolute atomic E-state index is 13.4. The summed E-state index contributed by atoms with van der Waals surface area (Å²) in [6, 6.07) is 2.93. The highest BCUT2D eigenvalue weighted by Crippen LogP contribution is 2.38. The van der Waals surface area contributed by atoms with E-state index < -0.39 is 35.5 Å². The maximum Gasteiger partial charge on any atom is 0.422 e. The van der Waals surface area contributed by atoms with E-state index in [1.54, 1.807) is 0 Å². The van der Waals surface area contributed by atoms with Crippen LogP contribution in [0.3, 0.4) is 0 Å². The van der Waals surface area contributed by atoms with Gasteiger partial charge in [0.05, 0.1) is 0 Å². The van der Waals surface area contributed by atoms with E-state index >= 15 is 0 Å². The third-order valence-electron chi connectivity index (χ3n) is 3.26. The number of halogens is 4. The summed E-state index contributed by atoms with van der Waals surface area (Å²) in [5.41, 5.74) is -1.43. The average Bonchev–Trinajstić information content (AvgIpc) is 2.37. The van der Waals surface area contributed by atoms with Crippen molar-refractivity contribution in [2.45, 2.75) is 25.1 Å². The summed E-state index contributed by atoms with van der Waals surface area (Å²) in [5.74, 6) is -1.95. The number of alkyl halides is 3. The lowest BCUT2D eigenvalue weighted by atomic mass is 10.1. The fourth-order valence-electron chi connectivity index (χ4n) is 2.22. The predicted octanol–water partition coefficient (Wildman–Crippen LogP) is 3.37. The summed E-state index contributed by atoms with van der Waals surface area (Å²) in [6.45, 7) is 0.354. The predicted molar refractivity (Wildman–Crippen MR) is 64.6 cm³/mol. The first-order valence-corrected chi connectivity index (χ1v) is 6.29. The van der Waals surface area contributed by atoms with Gasteiger partial charge in [-0.3, -0.25) is 0 Å². The van der Waals surface area contributed by atoms with Gasteiger partial charge in [-0.15, -0.1) is 0 Å². The molecule has 1 saturated heterocycles. The Labute approximate surface area is 117 Å². The Morgan fingerprint density at radius 2 is 1.90 bits per heavy atom. The van der Waals surface area contributed by atoms with Crippen LogP contribution in [0.15, 0.2) is 18.2 Å². The molecule has 116 valence electrons. The van der Waals surface area contributed by atoms with Gasteiger partial charge in [0.15, 0.2) is 0 Å². The molecule has 0 unspecified atom stereocenters. The number of ether oxygens (including phenoxy) is 1. The Morgan fingerprint density at radius 3 is 2.43 bits per heavy atom. The molecule has 1 aromatic rings. The molecule has 1 aliphatic rings. The quantitative estimate of drug-likeness (QED) is 0.852. The Morgan fingerprint density at radius 1 is 1.29 bits per heavy atom. The van der Waals surface area contributed by atoms with Crippen LogP contribution in [0.2, 0.25) is 0 Å². The first kappa shape index (κ1) is 15.4. The van der Waals surface area contributed by atoms with E-state index in [1.807, 2.05) is 0 Å². The molecule has 0 aliphatic carbocycles. The number of piperidine rings is 1. The number of likely N-dealkylation sites (tertiary alicyclic amines) is 1. The third kappa shape index (κ3) is 3.56. The van der Waals surface area contributed by atoms with Gasteiger partial charge in [-0.2, -0.15) is 13.2 Å². The van der Waals surface area contributed by atoms with Gasteiger partial charge >= 0.3 is 12.3 Å². The lowest BCUT2D eigenvalue weighted by Crippen LogP contribution is -2.41. The number of carboxylic acid groups (broad SMARTS) is 1. The van der Waals surface area contributed by atoms with Crippen LogP contribution in [0, 0.1) is 5.82 Å². The molecule has 0 spiro atoms. The van der Waals surface area contributed by atoms with Crippen molar-refractivity contribution in [2.75, 3.05) is 13.1 Å². The van der Waals surface area contributed by atoms with Crippen LogP contribution in [-0.4, -0.2) is 35.3 Å². The van der Waals surface area contributed by atoms with Gasteiger partial charge in [0.25, 0.3) is 0 Å². The Balaban J connectivity index is 2.11. The van der Waals surface area contributed by atoms with Crippen LogP contribution in [0.1, 0.15) is 18.4 Å². The fourth-order valence-corrected chi connectivity index (χ4v) is 2.22. The normalized spacial score (nSPS) is 16.9. The smallest absolute Gasteiger partial charge is 0.422 e. The first-order valence-electron chi connectivity index (χ1n) is 6.29. The lowest BCUT2D eigenvalue weighted by Gasteiger charge is -2.30. The first-order chi connectivity index (χ1) is 9.79. The van der Waals surface area contributed by atoms with E-state index in [0.29, 0.717) is 0 Å². The molecule has 1 aliphatic heterocycles. The topological polar surface area (TPSA) is 49.8 Å². The van der Waals surface area contributed by atoms with Crippen LogP contribution < -0.4 is 4.74 Å². The van der Waals surface area contributed by atoms with Gasteiger partial charge in [0, 0.05) is 25.9 Å². The SMILES string of the molecule is O=C(O)N1CCC(Oc2cccc(F)c2C(F)(F)F)CC1. The summed E-state index contributed by atoms with van der Waals surface area (Å²) in [6.07, 6.45) is -5.96. The molecular weight excluding hydrogens is 294 g/mol. The number of rotatable bonds is 2. The van der Waals surface area contributed by atoms with Crippen molar-refractivity contribution < 1.29 is 32.2 Å². The van der Waals surface area contributed by atoms with Gasteiger partial charge in [-0.05, 0) is 12.1 Å². The summed E-state index contributed by atoms with van der Waals surface area (Å²) < 4.78 is 57.1. The molecular formula is C13H13F4NO3. The number of amides is 1. The monoisotopic (exact) mass is 307 g/mol. The van der Waals surface area contributed by atoms with E-state index in [-0.39, 0.29) is 25.9 Å². The number of hydrogen-bond acceptors (Lipinski definition) is 2. The molecule has 0 aromatic heterocycles. The summed E-state index contributed by atoms with van der Waals surface area (Å²) in [4.78, 5) is 11.9. The third-order valence-corrected chi connectivity index (χ3v) is 3.26. The fraction of sp³-hybridized carbons (Fsp3) is 0.462. The number of nitrogens with zero attached hydrogens (tertiary/aromatic N) is 1.